The molecule has 1 aromatic carbocycles. The number of aromatic nitrogens is 1. The summed E-state index contributed by atoms with van der Waals surface area (Å²) >= 11 is 0. The standard InChI is InChI=1S/C22H27FN2O5/c1-6-30-22(28)20-14(2)19(15(3)24(20)4)18(26)13-25(10-11-29-5)21(27)16-8-7-9-17(23)12-16/h7-9,12H,6,10-11,13H2,1-5H3. The molecule has 0 unspecified atom stereocenters. The predicted octanol–water partition coefficient (Wildman–Crippen LogP) is 2.93. The summed E-state index contributed by atoms with van der Waals surface area (Å²) in [5.74, 6) is -1.84. The van der Waals surface area contributed by atoms with Gasteiger partial charge >= 0.3 is 5.97 Å². The van der Waals surface area contributed by atoms with E-state index in [-0.39, 0.29) is 37.6 Å². The molecule has 0 aliphatic rings. The van der Waals surface area contributed by atoms with E-state index in [1.165, 1.54) is 30.2 Å². The van der Waals surface area contributed by atoms with Gasteiger partial charge in [-0.1, -0.05) is 6.07 Å². The topological polar surface area (TPSA) is 77.8 Å². The molecule has 30 heavy (non-hydrogen) atoms. The number of halogens is 1. The molecule has 2 aromatic rings. The minimum atomic E-state index is -0.535. The molecular weight excluding hydrogens is 391 g/mol. The summed E-state index contributed by atoms with van der Waals surface area (Å²) in [6.45, 7) is 5.49. The van der Waals surface area contributed by atoms with Gasteiger partial charge in [-0.25, -0.2) is 9.18 Å². The molecule has 1 heterocycles. The molecule has 8 heteroatoms. The van der Waals surface area contributed by atoms with E-state index in [2.05, 4.69) is 0 Å². The van der Waals surface area contributed by atoms with Gasteiger partial charge in [0.05, 0.1) is 19.8 Å². The average molecular weight is 418 g/mol. The number of ketones is 1. The molecule has 0 saturated carbocycles. The third-order valence-corrected chi connectivity index (χ3v) is 4.94. The second-order valence-corrected chi connectivity index (χ2v) is 6.87. The summed E-state index contributed by atoms with van der Waals surface area (Å²) in [6.07, 6.45) is 0. The predicted molar refractivity (Wildman–Crippen MR) is 109 cm³/mol. The fourth-order valence-corrected chi connectivity index (χ4v) is 3.39. The van der Waals surface area contributed by atoms with Gasteiger partial charge in [-0.05, 0) is 44.5 Å². The van der Waals surface area contributed by atoms with Crippen molar-refractivity contribution in [2.24, 2.45) is 7.05 Å². The van der Waals surface area contributed by atoms with E-state index in [4.69, 9.17) is 9.47 Å². The summed E-state index contributed by atoms with van der Waals surface area (Å²) < 4.78 is 25.3. The van der Waals surface area contributed by atoms with Crippen LogP contribution in [0.4, 0.5) is 4.39 Å². The minimum Gasteiger partial charge on any atom is -0.461 e. The molecule has 0 atom stereocenters. The average Bonchev–Trinajstić information content (AvgIpc) is 2.93. The quantitative estimate of drug-likeness (QED) is 0.462. The Morgan fingerprint density at radius 3 is 2.50 bits per heavy atom. The fourth-order valence-electron chi connectivity index (χ4n) is 3.39. The number of carbonyl (C=O) groups is 3. The zero-order valence-electron chi connectivity index (χ0n) is 18.0. The summed E-state index contributed by atoms with van der Waals surface area (Å²) in [5.41, 5.74) is 1.93. The smallest absolute Gasteiger partial charge is 0.355 e. The van der Waals surface area contributed by atoms with Crippen LogP contribution in [0.15, 0.2) is 24.3 Å². The van der Waals surface area contributed by atoms with Crippen molar-refractivity contribution in [2.75, 3.05) is 33.4 Å². The number of nitrogens with zero attached hydrogens (tertiary/aromatic N) is 2. The van der Waals surface area contributed by atoms with E-state index in [1.54, 1.807) is 32.4 Å². The van der Waals surface area contributed by atoms with Crippen molar-refractivity contribution in [1.82, 2.24) is 9.47 Å². The number of carbonyl (C=O) groups excluding carboxylic acids is 3. The van der Waals surface area contributed by atoms with Crippen molar-refractivity contribution in [3.8, 4) is 0 Å². The molecule has 0 bridgehead atoms. The van der Waals surface area contributed by atoms with Crippen molar-refractivity contribution >= 4 is 17.7 Å². The number of benzene rings is 1. The van der Waals surface area contributed by atoms with Crippen LogP contribution in [-0.2, 0) is 16.5 Å². The second kappa shape index (κ2) is 10.2. The third kappa shape index (κ3) is 4.94. The molecule has 0 spiro atoms. The van der Waals surface area contributed by atoms with Crippen molar-refractivity contribution in [2.45, 2.75) is 20.8 Å². The highest BCUT2D eigenvalue weighted by atomic mass is 19.1. The Labute approximate surface area is 175 Å². The molecule has 0 N–H and O–H groups in total. The Morgan fingerprint density at radius 1 is 1.20 bits per heavy atom. The van der Waals surface area contributed by atoms with Crippen LogP contribution in [0, 0.1) is 19.7 Å². The number of esters is 1. The summed E-state index contributed by atoms with van der Waals surface area (Å²) in [7, 11) is 3.18. The lowest BCUT2D eigenvalue weighted by Crippen LogP contribution is -2.38. The molecule has 1 aromatic heterocycles. The van der Waals surface area contributed by atoms with Gasteiger partial charge in [0, 0.05) is 37.5 Å². The number of ether oxygens (including phenoxy) is 2. The van der Waals surface area contributed by atoms with E-state index in [1.807, 2.05) is 0 Å². The molecular formula is C22H27FN2O5. The van der Waals surface area contributed by atoms with E-state index >= 15 is 0 Å². The third-order valence-electron chi connectivity index (χ3n) is 4.94. The van der Waals surface area contributed by atoms with Gasteiger partial charge in [0.1, 0.15) is 11.5 Å². The molecule has 0 saturated heterocycles. The van der Waals surface area contributed by atoms with Gasteiger partial charge in [0.2, 0.25) is 0 Å². The number of hydrogen-bond donors (Lipinski definition) is 0. The number of rotatable bonds is 9. The van der Waals surface area contributed by atoms with Crippen molar-refractivity contribution in [3.63, 3.8) is 0 Å². The van der Waals surface area contributed by atoms with Crippen LogP contribution in [0.25, 0.3) is 0 Å². The van der Waals surface area contributed by atoms with Gasteiger partial charge in [-0.2, -0.15) is 0 Å². The molecule has 0 radical (unpaired) electrons. The van der Waals surface area contributed by atoms with Crippen LogP contribution in [0.1, 0.15) is 49.4 Å². The lowest BCUT2D eigenvalue weighted by Gasteiger charge is -2.22. The summed E-state index contributed by atoms with van der Waals surface area (Å²) in [4.78, 5) is 39.6. The molecule has 0 aliphatic heterocycles. The number of hydrogen-bond acceptors (Lipinski definition) is 5. The van der Waals surface area contributed by atoms with Crippen LogP contribution in [0.2, 0.25) is 0 Å². The van der Waals surface area contributed by atoms with Crippen LogP contribution >= 0.6 is 0 Å². The Balaban J connectivity index is 2.35. The van der Waals surface area contributed by atoms with Crippen LogP contribution in [0.3, 0.4) is 0 Å². The van der Waals surface area contributed by atoms with Gasteiger partial charge in [0.25, 0.3) is 5.91 Å². The highest BCUT2D eigenvalue weighted by molar-refractivity contribution is 6.06. The Hall–Kier alpha value is -3.00. The molecule has 2 rings (SSSR count). The lowest BCUT2D eigenvalue weighted by atomic mass is 10.0. The van der Waals surface area contributed by atoms with E-state index in [9.17, 15) is 18.8 Å². The van der Waals surface area contributed by atoms with Crippen molar-refractivity contribution < 1.29 is 28.2 Å². The first-order valence-electron chi connectivity index (χ1n) is 9.62. The SMILES string of the molecule is CCOC(=O)c1c(C)c(C(=O)CN(CCOC)C(=O)c2cccc(F)c2)c(C)n1C. The molecule has 1 amide bonds. The first kappa shape index (κ1) is 23.3. The molecule has 162 valence electrons. The lowest BCUT2D eigenvalue weighted by molar-refractivity contribution is 0.0514. The largest absolute Gasteiger partial charge is 0.461 e. The number of amides is 1. The highest BCUT2D eigenvalue weighted by Crippen LogP contribution is 2.23. The fraction of sp³-hybridized carbons (Fsp3) is 0.409. The highest BCUT2D eigenvalue weighted by Gasteiger charge is 2.28. The van der Waals surface area contributed by atoms with Gasteiger partial charge in [-0.3, -0.25) is 9.59 Å². The summed E-state index contributed by atoms with van der Waals surface area (Å²) in [6, 6.07) is 5.31. The Kier molecular flexibility index (Phi) is 7.88. The number of methoxy groups -OCH3 is 1. The van der Waals surface area contributed by atoms with Gasteiger partial charge in [0.15, 0.2) is 5.78 Å². The first-order valence-corrected chi connectivity index (χ1v) is 9.62. The van der Waals surface area contributed by atoms with Crippen molar-refractivity contribution in [1.29, 1.82) is 0 Å². The second-order valence-electron chi connectivity index (χ2n) is 6.87. The molecule has 0 aliphatic carbocycles. The van der Waals surface area contributed by atoms with Crippen LogP contribution in [-0.4, -0.2) is 60.5 Å². The molecule has 0 fully saturated rings. The maximum atomic E-state index is 13.6. The van der Waals surface area contributed by atoms with E-state index < -0.39 is 17.7 Å². The number of Topliss-reactive ketones (excluding diaryl/α,β-unsaturated/α-hetero) is 1. The monoisotopic (exact) mass is 418 g/mol. The van der Waals surface area contributed by atoms with Crippen molar-refractivity contribution in [3.05, 3.63) is 58.2 Å². The maximum absolute atomic E-state index is 13.6. The first-order chi connectivity index (χ1) is 14.2. The van der Waals surface area contributed by atoms with Gasteiger partial charge in [-0.15, -0.1) is 0 Å². The van der Waals surface area contributed by atoms with Crippen LogP contribution in [0.5, 0.6) is 0 Å². The van der Waals surface area contributed by atoms with E-state index in [0.29, 0.717) is 22.5 Å². The van der Waals surface area contributed by atoms with Crippen LogP contribution < -0.4 is 0 Å². The molecule has 7 nitrogen and oxygen atoms in total. The Morgan fingerprint density at radius 2 is 1.90 bits per heavy atom. The normalized spacial score (nSPS) is 10.7. The zero-order valence-corrected chi connectivity index (χ0v) is 18.0. The maximum Gasteiger partial charge on any atom is 0.355 e. The minimum absolute atomic E-state index is 0.146. The van der Waals surface area contributed by atoms with Gasteiger partial charge < -0.3 is 18.9 Å². The summed E-state index contributed by atoms with van der Waals surface area (Å²) in [5, 5.41) is 0. The zero-order chi connectivity index (χ0) is 22.4. The Bertz CT molecular complexity index is 951. The van der Waals surface area contributed by atoms with E-state index in [0.717, 1.165) is 6.07 Å².